The van der Waals surface area contributed by atoms with E-state index in [1.807, 2.05) is 0 Å². The fraction of sp³-hybridized carbons (Fsp3) is 0.211. The minimum Gasteiger partial charge on any atom is -0.481 e. The molecule has 0 spiro atoms. The van der Waals surface area contributed by atoms with Gasteiger partial charge in [-0.3, -0.25) is 14.5 Å². The Labute approximate surface area is 187 Å². The second-order valence-corrected chi connectivity index (χ2v) is 8.81. The van der Waals surface area contributed by atoms with Gasteiger partial charge in [-0.1, -0.05) is 39.9 Å². The van der Waals surface area contributed by atoms with E-state index in [1.54, 1.807) is 0 Å². The van der Waals surface area contributed by atoms with Crippen LogP contribution in [0.15, 0.2) is 44.1 Å². The fourth-order valence-electron chi connectivity index (χ4n) is 2.75. The monoisotopic (exact) mass is 519 g/mol. The van der Waals surface area contributed by atoms with E-state index in [1.165, 1.54) is 35.2 Å². The number of halogens is 4. The first kappa shape index (κ1) is 22.6. The Balaban J connectivity index is 1.83. The van der Waals surface area contributed by atoms with Crippen molar-refractivity contribution in [2.24, 2.45) is 0 Å². The molecule has 1 fully saturated rings. The Morgan fingerprint density at radius 2 is 2.03 bits per heavy atom. The minimum atomic E-state index is -4.57. The van der Waals surface area contributed by atoms with Crippen molar-refractivity contribution in [2.45, 2.75) is 19.0 Å². The summed E-state index contributed by atoms with van der Waals surface area (Å²) in [6.07, 6.45) is -2.99. The number of carboxylic acids is 1. The van der Waals surface area contributed by atoms with Crippen LogP contribution in [-0.2, 0) is 15.8 Å². The predicted molar refractivity (Wildman–Crippen MR) is 114 cm³/mol. The molecular formula is C19H13BrF3NO4S2. The summed E-state index contributed by atoms with van der Waals surface area (Å²) in [6, 6.07) is 6.62. The Hall–Kier alpha value is -2.11. The van der Waals surface area contributed by atoms with Crippen molar-refractivity contribution in [3.8, 4) is 11.3 Å². The highest BCUT2D eigenvalue weighted by Crippen LogP contribution is 2.40. The molecule has 1 amide bonds. The van der Waals surface area contributed by atoms with E-state index < -0.39 is 23.6 Å². The van der Waals surface area contributed by atoms with Gasteiger partial charge in [-0.05, 0) is 36.8 Å². The molecule has 0 bridgehead atoms. The first-order valence-corrected chi connectivity index (χ1v) is 10.5. The summed E-state index contributed by atoms with van der Waals surface area (Å²) in [6.45, 7) is 0.172. The molecule has 1 saturated heterocycles. The number of hydrogen-bond acceptors (Lipinski definition) is 5. The summed E-state index contributed by atoms with van der Waals surface area (Å²) in [7, 11) is 0. The predicted octanol–water partition coefficient (Wildman–Crippen LogP) is 5.79. The first-order chi connectivity index (χ1) is 14.1. The molecule has 2 heterocycles. The largest absolute Gasteiger partial charge is 0.481 e. The zero-order valence-electron chi connectivity index (χ0n) is 15.0. The van der Waals surface area contributed by atoms with Crippen LogP contribution in [0.25, 0.3) is 17.4 Å². The van der Waals surface area contributed by atoms with Crippen LogP contribution in [-0.4, -0.2) is 32.7 Å². The molecule has 1 aromatic carbocycles. The summed E-state index contributed by atoms with van der Waals surface area (Å²) in [5.74, 6) is -1.15. The quantitative estimate of drug-likeness (QED) is 0.384. The molecule has 11 heteroatoms. The highest BCUT2D eigenvalue weighted by atomic mass is 79.9. The summed E-state index contributed by atoms with van der Waals surface area (Å²) < 4.78 is 46.2. The number of thiocarbonyl (C=S) groups is 1. The second-order valence-electron chi connectivity index (χ2n) is 6.22. The molecule has 0 saturated carbocycles. The van der Waals surface area contributed by atoms with Crippen molar-refractivity contribution < 1.29 is 32.3 Å². The summed E-state index contributed by atoms with van der Waals surface area (Å²) in [5.41, 5.74) is -0.964. The van der Waals surface area contributed by atoms with Crippen LogP contribution >= 0.6 is 39.9 Å². The van der Waals surface area contributed by atoms with Gasteiger partial charge >= 0.3 is 12.1 Å². The average molecular weight is 520 g/mol. The molecular weight excluding hydrogens is 507 g/mol. The standard InChI is InChI=1S/C19H13BrF3NO4S2/c20-10-3-5-12(13(8-10)19(21,22)23)14-6-4-11(28-14)9-15-17(27)24(18(29)30-15)7-1-2-16(25)26/h3-6,8-9H,1-2,7H2,(H,25,26)/b15-9+. The number of thioether (sulfide) groups is 1. The van der Waals surface area contributed by atoms with Crippen LogP contribution in [0.2, 0.25) is 0 Å². The third-order valence-corrected chi connectivity index (χ3v) is 5.97. The van der Waals surface area contributed by atoms with Gasteiger partial charge in [-0.25, -0.2) is 0 Å². The topological polar surface area (TPSA) is 70.8 Å². The summed E-state index contributed by atoms with van der Waals surface area (Å²) in [5, 5.41) is 8.71. The Kier molecular flexibility index (Phi) is 6.73. The Morgan fingerprint density at radius 3 is 2.70 bits per heavy atom. The van der Waals surface area contributed by atoms with Crippen LogP contribution in [0.4, 0.5) is 13.2 Å². The number of furan rings is 1. The molecule has 3 rings (SSSR count). The maximum Gasteiger partial charge on any atom is 0.417 e. The van der Waals surface area contributed by atoms with Gasteiger partial charge in [-0.15, -0.1) is 0 Å². The summed E-state index contributed by atoms with van der Waals surface area (Å²) in [4.78, 5) is 24.7. The van der Waals surface area contributed by atoms with Gasteiger partial charge in [0.25, 0.3) is 5.91 Å². The van der Waals surface area contributed by atoms with Crippen molar-refractivity contribution in [3.05, 3.63) is 51.0 Å². The van der Waals surface area contributed by atoms with Gasteiger partial charge < -0.3 is 9.52 Å². The number of amides is 1. The van der Waals surface area contributed by atoms with Gasteiger partial charge in [0, 0.05) is 29.1 Å². The molecule has 158 valence electrons. The van der Waals surface area contributed by atoms with Crippen LogP contribution in [0.5, 0.6) is 0 Å². The highest BCUT2D eigenvalue weighted by molar-refractivity contribution is 9.10. The molecule has 0 atom stereocenters. The van der Waals surface area contributed by atoms with Crippen molar-refractivity contribution in [1.29, 1.82) is 0 Å². The van der Waals surface area contributed by atoms with Crippen molar-refractivity contribution >= 4 is 62.2 Å². The van der Waals surface area contributed by atoms with Crippen LogP contribution in [0.1, 0.15) is 24.2 Å². The number of carbonyl (C=O) groups is 2. The highest BCUT2D eigenvalue weighted by Gasteiger charge is 2.35. The number of rotatable bonds is 6. The zero-order chi connectivity index (χ0) is 22.1. The Bertz CT molecular complexity index is 1050. The van der Waals surface area contributed by atoms with E-state index in [9.17, 15) is 22.8 Å². The smallest absolute Gasteiger partial charge is 0.417 e. The van der Waals surface area contributed by atoms with E-state index in [2.05, 4.69) is 15.9 Å². The molecule has 0 unspecified atom stereocenters. The lowest BCUT2D eigenvalue weighted by Gasteiger charge is -2.13. The SMILES string of the molecule is O=C(O)CCCN1C(=O)/C(=C\c2ccc(-c3ccc(Br)cc3C(F)(F)F)o2)SC1=S. The van der Waals surface area contributed by atoms with Crippen molar-refractivity contribution in [1.82, 2.24) is 4.90 Å². The molecule has 1 aliphatic heterocycles. The lowest BCUT2D eigenvalue weighted by atomic mass is 10.1. The first-order valence-electron chi connectivity index (χ1n) is 8.50. The molecule has 1 aromatic heterocycles. The lowest BCUT2D eigenvalue weighted by Crippen LogP contribution is -2.29. The van der Waals surface area contributed by atoms with E-state index in [-0.39, 0.29) is 50.2 Å². The normalized spacial score (nSPS) is 16.0. The summed E-state index contributed by atoms with van der Waals surface area (Å²) >= 11 is 9.23. The number of nitrogens with zero attached hydrogens (tertiary/aromatic N) is 1. The molecule has 1 aliphatic rings. The minimum absolute atomic E-state index is 0.0120. The number of alkyl halides is 3. The molecule has 5 nitrogen and oxygen atoms in total. The molecule has 30 heavy (non-hydrogen) atoms. The van der Waals surface area contributed by atoms with E-state index in [0.717, 1.165) is 17.8 Å². The maximum absolute atomic E-state index is 13.4. The third-order valence-electron chi connectivity index (χ3n) is 4.10. The molecule has 2 aromatic rings. The lowest BCUT2D eigenvalue weighted by molar-refractivity contribution is -0.138. The third kappa shape index (κ3) is 5.13. The Morgan fingerprint density at radius 1 is 1.30 bits per heavy atom. The van der Waals surface area contributed by atoms with E-state index in [4.69, 9.17) is 21.7 Å². The number of carboxylic acid groups (broad SMARTS) is 1. The molecule has 1 N–H and O–H groups in total. The number of hydrogen-bond donors (Lipinski definition) is 1. The van der Waals surface area contributed by atoms with Crippen molar-refractivity contribution in [2.75, 3.05) is 6.54 Å². The molecule has 0 aliphatic carbocycles. The van der Waals surface area contributed by atoms with Crippen LogP contribution < -0.4 is 0 Å². The molecule has 0 radical (unpaired) electrons. The maximum atomic E-state index is 13.4. The van der Waals surface area contributed by atoms with Crippen LogP contribution in [0, 0.1) is 0 Å². The van der Waals surface area contributed by atoms with Crippen LogP contribution in [0.3, 0.4) is 0 Å². The average Bonchev–Trinajstić information content (AvgIpc) is 3.21. The number of carbonyl (C=O) groups excluding carboxylic acids is 1. The zero-order valence-corrected chi connectivity index (χ0v) is 18.3. The van der Waals surface area contributed by atoms with Gasteiger partial charge in [0.1, 0.15) is 15.8 Å². The fourth-order valence-corrected chi connectivity index (χ4v) is 4.40. The second kappa shape index (κ2) is 8.94. The number of aliphatic carboxylic acids is 1. The van der Waals surface area contributed by atoms with Gasteiger partial charge in [0.2, 0.25) is 0 Å². The van der Waals surface area contributed by atoms with Gasteiger partial charge in [0.05, 0.1) is 10.5 Å². The van der Waals surface area contributed by atoms with E-state index >= 15 is 0 Å². The van der Waals surface area contributed by atoms with E-state index in [0.29, 0.717) is 0 Å². The van der Waals surface area contributed by atoms with Crippen molar-refractivity contribution in [3.63, 3.8) is 0 Å². The number of benzene rings is 1. The van der Waals surface area contributed by atoms with Gasteiger partial charge in [-0.2, -0.15) is 13.2 Å². The van der Waals surface area contributed by atoms with Gasteiger partial charge in [0.15, 0.2) is 0 Å².